The molecule has 3 nitrogen and oxygen atoms in total. The smallest absolute Gasteiger partial charge is 0.235 e. The molecule has 0 saturated heterocycles. The lowest BCUT2D eigenvalue weighted by Gasteiger charge is -2.18. The Hall–Kier alpha value is -0.900. The Morgan fingerprint density at radius 2 is 2.13 bits per heavy atom. The van der Waals surface area contributed by atoms with E-state index in [9.17, 15) is 9.59 Å². The summed E-state index contributed by atoms with van der Waals surface area (Å²) in [6.45, 7) is 0. The summed E-state index contributed by atoms with van der Waals surface area (Å²) in [4.78, 5) is 20.4. The Labute approximate surface area is 96.4 Å². The van der Waals surface area contributed by atoms with Crippen LogP contribution in [0.4, 0.5) is 0 Å². The first-order valence-corrected chi connectivity index (χ1v) is 5.10. The van der Waals surface area contributed by atoms with Crippen LogP contribution in [0.15, 0.2) is 24.3 Å². The molecule has 1 N–H and O–H groups in total. The second-order valence-corrected chi connectivity index (χ2v) is 4.24. The summed E-state index contributed by atoms with van der Waals surface area (Å²) in [5, 5.41) is 2.70. The van der Waals surface area contributed by atoms with Crippen molar-refractivity contribution in [2.75, 3.05) is 0 Å². The molecular weight excluding hydrogens is 237 g/mol. The number of hydrogen-bond donors (Lipinski definition) is 1. The van der Waals surface area contributed by atoms with E-state index in [1.165, 1.54) is 0 Å². The number of alkyl halides is 2. The summed E-state index contributed by atoms with van der Waals surface area (Å²) in [5.41, 5.74) is 0.718. The van der Waals surface area contributed by atoms with Gasteiger partial charge < -0.3 is 0 Å². The highest BCUT2D eigenvalue weighted by molar-refractivity contribution is 6.47. The van der Waals surface area contributed by atoms with E-state index in [-0.39, 0.29) is 6.29 Å². The number of carbonyl (C=O) groups excluding carboxylic acids is 2. The van der Waals surface area contributed by atoms with Crippen LogP contribution in [0.3, 0.4) is 0 Å². The molecule has 2 unspecified atom stereocenters. The van der Waals surface area contributed by atoms with Gasteiger partial charge in [-0.2, -0.15) is 0 Å². The first-order valence-electron chi connectivity index (χ1n) is 4.29. The quantitative estimate of drug-likeness (QED) is 0.372. The van der Waals surface area contributed by atoms with Gasteiger partial charge in [-0.05, 0) is 5.56 Å². The van der Waals surface area contributed by atoms with E-state index in [1.807, 2.05) is 0 Å². The summed E-state index contributed by atoms with van der Waals surface area (Å²) in [6, 6.07) is 6.98. The van der Waals surface area contributed by atoms with E-state index in [1.54, 1.807) is 24.3 Å². The Balaban J connectivity index is 2.57. The Bertz CT molecular complexity index is 435. The fourth-order valence-electron chi connectivity index (χ4n) is 1.65. The highest BCUT2D eigenvalue weighted by atomic mass is 35.5. The molecule has 1 heterocycles. The summed E-state index contributed by atoms with van der Waals surface area (Å²) in [6.07, 6.45) is 0.200. The van der Waals surface area contributed by atoms with Crippen LogP contribution in [0, 0.1) is 0 Å². The van der Waals surface area contributed by atoms with Crippen LogP contribution >= 0.6 is 23.2 Å². The van der Waals surface area contributed by atoms with Gasteiger partial charge in [0.15, 0.2) is 11.3 Å². The molecule has 0 aromatic heterocycles. The zero-order valence-corrected chi connectivity index (χ0v) is 9.05. The van der Waals surface area contributed by atoms with Crippen LogP contribution in [0.2, 0.25) is 0 Å². The van der Waals surface area contributed by atoms with E-state index in [4.69, 9.17) is 23.2 Å². The van der Waals surface area contributed by atoms with Crippen molar-refractivity contribution in [1.29, 1.82) is 0 Å². The number of fused-ring (bicyclic) bond motifs is 1. The summed E-state index contributed by atoms with van der Waals surface area (Å²) < 4.78 is 0. The third-order valence-electron chi connectivity index (χ3n) is 2.38. The molecule has 0 aliphatic carbocycles. The fraction of sp³-hybridized carbons (Fsp3) is 0.200. The molecular formula is C10H7Cl2NO2. The molecule has 1 aliphatic rings. The van der Waals surface area contributed by atoms with Gasteiger partial charge in [0.2, 0.25) is 5.78 Å². The largest absolute Gasteiger partial charge is 0.294 e. The van der Waals surface area contributed by atoms with E-state index in [2.05, 4.69) is 5.32 Å². The SMILES string of the molecule is O=CC(=O)C1(Cl)NC(Cl)c2ccccc21. The number of carbonyl (C=O) groups is 2. The van der Waals surface area contributed by atoms with Crippen molar-refractivity contribution in [3.8, 4) is 0 Å². The molecule has 5 heteroatoms. The third-order valence-corrected chi connectivity index (χ3v) is 3.22. The van der Waals surface area contributed by atoms with Gasteiger partial charge in [-0.1, -0.05) is 35.9 Å². The van der Waals surface area contributed by atoms with Crippen molar-refractivity contribution in [2.45, 2.75) is 10.5 Å². The molecule has 1 aromatic carbocycles. The number of nitrogens with one attached hydrogen (secondary N) is 1. The van der Waals surface area contributed by atoms with Crippen LogP contribution in [0.25, 0.3) is 0 Å². The lowest BCUT2D eigenvalue weighted by atomic mass is 10.0. The Morgan fingerprint density at radius 3 is 2.80 bits per heavy atom. The molecule has 1 aliphatic heterocycles. The summed E-state index contributed by atoms with van der Waals surface area (Å²) in [5.74, 6) is -0.736. The van der Waals surface area contributed by atoms with E-state index >= 15 is 0 Å². The Kier molecular flexibility index (Phi) is 2.54. The van der Waals surface area contributed by atoms with Gasteiger partial charge in [0.25, 0.3) is 0 Å². The maximum absolute atomic E-state index is 11.4. The molecule has 0 spiro atoms. The molecule has 78 valence electrons. The number of benzene rings is 1. The minimum absolute atomic E-state index is 0.200. The van der Waals surface area contributed by atoms with Gasteiger partial charge in [0, 0.05) is 5.56 Å². The minimum atomic E-state index is -1.51. The Morgan fingerprint density at radius 1 is 1.47 bits per heavy atom. The molecule has 15 heavy (non-hydrogen) atoms. The van der Waals surface area contributed by atoms with Crippen LogP contribution in [0.5, 0.6) is 0 Å². The van der Waals surface area contributed by atoms with Crippen LogP contribution in [-0.2, 0) is 14.6 Å². The fourth-order valence-corrected chi connectivity index (χ4v) is 2.38. The van der Waals surface area contributed by atoms with Crippen LogP contribution in [0.1, 0.15) is 16.6 Å². The zero-order valence-electron chi connectivity index (χ0n) is 7.54. The number of halogens is 2. The molecule has 2 atom stereocenters. The van der Waals surface area contributed by atoms with Crippen molar-refractivity contribution in [2.24, 2.45) is 0 Å². The number of ketones is 1. The molecule has 0 fully saturated rings. The zero-order chi connectivity index (χ0) is 11.1. The number of aldehydes is 1. The van der Waals surface area contributed by atoms with E-state index in [0.717, 1.165) is 5.56 Å². The lowest BCUT2D eigenvalue weighted by Crippen LogP contribution is -2.40. The average molecular weight is 244 g/mol. The highest BCUT2D eigenvalue weighted by Crippen LogP contribution is 2.42. The molecule has 0 saturated carbocycles. The topological polar surface area (TPSA) is 46.2 Å². The van der Waals surface area contributed by atoms with Gasteiger partial charge in [0.1, 0.15) is 5.50 Å². The molecule has 0 radical (unpaired) electrons. The highest BCUT2D eigenvalue weighted by Gasteiger charge is 2.46. The monoisotopic (exact) mass is 243 g/mol. The van der Waals surface area contributed by atoms with Crippen molar-refractivity contribution in [1.82, 2.24) is 5.32 Å². The van der Waals surface area contributed by atoms with Crippen molar-refractivity contribution < 1.29 is 9.59 Å². The predicted octanol–water partition coefficient (Wildman–Crippen LogP) is 1.69. The van der Waals surface area contributed by atoms with Gasteiger partial charge in [-0.15, -0.1) is 11.6 Å². The van der Waals surface area contributed by atoms with E-state index in [0.29, 0.717) is 5.56 Å². The first kappa shape index (κ1) is 10.6. The first-order chi connectivity index (χ1) is 7.09. The van der Waals surface area contributed by atoms with Crippen LogP contribution in [-0.4, -0.2) is 12.1 Å². The predicted molar refractivity (Wildman–Crippen MR) is 56.8 cm³/mol. The van der Waals surface area contributed by atoms with Crippen molar-refractivity contribution >= 4 is 35.3 Å². The maximum atomic E-state index is 11.4. The number of hydrogen-bond acceptors (Lipinski definition) is 3. The maximum Gasteiger partial charge on any atom is 0.235 e. The number of rotatable bonds is 2. The van der Waals surface area contributed by atoms with Gasteiger partial charge in [-0.3, -0.25) is 14.9 Å². The number of Topliss-reactive ketones (excluding diaryl/α,β-unsaturated/α-hetero) is 1. The third kappa shape index (κ3) is 1.47. The minimum Gasteiger partial charge on any atom is -0.294 e. The standard InChI is InChI=1S/C10H7Cl2NO2/c11-9-6-3-1-2-4-7(6)10(12,13-9)8(15)5-14/h1-5,9,13H. The lowest BCUT2D eigenvalue weighted by molar-refractivity contribution is -0.132. The van der Waals surface area contributed by atoms with Gasteiger partial charge in [-0.25, -0.2) is 0 Å². The second kappa shape index (κ2) is 3.59. The van der Waals surface area contributed by atoms with Crippen molar-refractivity contribution in [3.63, 3.8) is 0 Å². The van der Waals surface area contributed by atoms with Gasteiger partial charge in [0.05, 0.1) is 0 Å². The van der Waals surface area contributed by atoms with Crippen molar-refractivity contribution in [3.05, 3.63) is 35.4 Å². The molecule has 0 amide bonds. The summed E-state index contributed by atoms with van der Waals surface area (Å²) >= 11 is 12.0. The molecule has 0 bridgehead atoms. The molecule has 1 aromatic rings. The normalized spacial score (nSPS) is 28.5. The summed E-state index contributed by atoms with van der Waals surface area (Å²) in [7, 11) is 0. The average Bonchev–Trinajstić information content (AvgIpc) is 2.52. The van der Waals surface area contributed by atoms with Gasteiger partial charge >= 0.3 is 0 Å². The van der Waals surface area contributed by atoms with Crippen LogP contribution < -0.4 is 5.32 Å². The van der Waals surface area contributed by atoms with E-state index < -0.39 is 16.3 Å². The molecule has 2 rings (SSSR count). The second-order valence-electron chi connectivity index (χ2n) is 3.23.